The Hall–Kier alpha value is -2.54. The predicted molar refractivity (Wildman–Crippen MR) is 107 cm³/mol. The van der Waals surface area contributed by atoms with Crippen LogP contribution >= 0.6 is 22.7 Å². The fraction of sp³-hybridized carbons (Fsp3) is 0.100. The van der Waals surface area contributed by atoms with Gasteiger partial charge in [0.15, 0.2) is 0 Å². The second-order valence-corrected chi connectivity index (χ2v) is 7.69. The van der Waals surface area contributed by atoms with Crippen molar-refractivity contribution in [3.8, 4) is 10.4 Å². The molecule has 2 N–H and O–H groups in total. The summed E-state index contributed by atoms with van der Waals surface area (Å²) in [5.74, 6) is -0.199. The maximum atomic E-state index is 12.3. The average Bonchev–Trinajstić information content (AvgIpc) is 3.37. The Morgan fingerprint density at radius 2 is 1.96 bits per heavy atom. The van der Waals surface area contributed by atoms with Crippen LogP contribution in [-0.2, 0) is 0 Å². The molecule has 1 amide bonds. The Bertz CT molecular complexity index is 1020. The van der Waals surface area contributed by atoms with Gasteiger partial charge < -0.3 is 10.4 Å². The molecule has 0 aliphatic rings. The van der Waals surface area contributed by atoms with Gasteiger partial charge in [0.05, 0.1) is 21.8 Å². The monoisotopic (exact) mass is 380 g/mol. The van der Waals surface area contributed by atoms with E-state index in [0.29, 0.717) is 5.56 Å². The van der Waals surface area contributed by atoms with Crippen LogP contribution < -0.4 is 5.32 Å². The summed E-state index contributed by atoms with van der Waals surface area (Å²) in [7, 11) is 0. The molecular formula is C20H16N2O2S2. The van der Waals surface area contributed by atoms with Crippen molar-refractivity contribution in [3.05, 3.63) is 76.6 Å². The molecule has 0 bridgehead atoms. The number of hydrogen-bond acceptors (Lipinski definition) is 5. The van der Waals surface area contributed by atoms with Crippen LogP contribution in [0.2, 0.25) is 0 Å². The lowest BCUT2D eigenvalue weighted by molar-refractivity contribution is 0.0916. The Morgan fingerprint density at radius 3 is 2.73 bits per heavy atom. The number of fused-ring (bicyclic) bond motifs is 1. The molecule has 2 aromatic carbocycles. The Kier molecular flexibility index (Phi) is 4.79. The fourth-order valence-electron chi connectivity index (χ4n) is 2.72. The lowest BCUT2D eigenvalue weighted by Gasteiger charge is -2.13. The summed E-state index contributed by atoms with van der Waals surface area (Å²) in [6.07, 6.45) is -0.747. The molecule has 0 fully saturated rings. The summed E-state index contributed by atoms with van der Waals surface area (Å²) >= 11 is 3.18. The third-order valence-corrected chi connectivity index (χ3v) is 5.86. The number of nitrogens with zero attached hydrogens (tertiary/aromatic N) is 1. The van der Waals surface area contributed by atoms with Gasteiger partial charge in [0.25, 0.3) is 5.91 Å². The summed E-state index contributed by atoms with van der Waals surface area (Å²) in [6.45, 7) is 0.165. The predicted octanol–water partition coefficient (Wildman–Crippen LogP) is 4.49. The van der Waals surface area contributed by atoms with Gasteiger partial charge in [0.1, 0.15) is 0 Å². The molecule has 0 radical (unpaired) electrons. The number of aliphatic hydroxyl groups excluding tert-OH is 1. The zero-order chi connectivity index (χ0) is 17.9. The first-order chi connectivity index (χ1) is 12.7. The molecule has 26 heavy (non-hydrogen) atoms. The molecule has 0 saturated heterocycles. The van der Waals surface area contributed by atoms with Crippen LogP contribution in [0.25, 0.3) is 20.7 Å². The van der Waals surface area contributed by atoms with E-state index in [9.17, 15) is 9.90 Å². The summed E-state index contributed by atoms with van der Waals surface area (Å²) in [6, 6.07) is 17.3. The largest absolute Gasteiger partial charge is 0.387 e. The molecule has 0 spiro atoms. The number of hydrogen-bond donors (Lipinski definition) is 2. The highest BCUT2D eigenvalue weighted by Gasteiger charge is 2.12. The van der Waals surface area contributed by atoms with Crippen molar-refractivity contribution in [1.82, 2.24) is 10.3 Å². The lowest BCUT2D eigenvalue weighted by Crippen LogP contribution is -2.28. The molecule has 2 aromatic heterocycles. The quantitative estimate of drug-likeness (QED) is 0.536. The van der Waals surface area contributed by atoms with Gasteiger partial charge in [-0.05, 0) is 40.8 Å². The number of carbonyl (C=O) groups excluding carboxylic acids is 1. The van der Waals surface area contributed by atoms with Gasteiger partial charge in [0.2, 0.25) is 0 Å². The minimum atomic E-state index is -0.747. The van der Waals surface area contributed by atoms with Crippen molar-refractivity contribution >= 4 is 38.8 Å². The third-order valence-electron chi connectivity index (χ3n) is 4.15. The van der Waals surface area contributed by atoms with Crippen molar-refractivity contribution in [1.29, 1.82) is 0 Å². The second-order valence-electron chi connectivity index (χ2n) is 5.86. The average molecular weight is 380 g/mol. The highest BCUT2D eigenvalue weighted by molar-refractivity contribution is 7.16. The molecule has 1 unspecified atom stereocenters. The molecule has 4 aromatic rings. The van der Waals surface area contributed by atoms with Crippen molar-refractivity contribution in [2.75, 3.05) is 6.54 Å². The van der Waals surface area contributed by atoms with Crippen molar-refractivity contribution in [3.63, 3.8) is 0 Å². The zero-order valence-corrected chi connectivity index (χ0v) is 15.4. The van der Waals surface area contributed by atoms with Crippen LogP contribution in [-0.4, -0.2) is 22.5 Å². The number of rotatable bonds is 5. The summed E-state index contributed by atoms with van der Waals surface area (Å²) in [5, 5.41) is 15.2. The van der Waals surface area contributed by atoms with Crippen LogP contribution in [0.1, 0.15) is 22.0 Å². The van der Waals surface area contributed by atoms with E-state index in [-0.39, 0.29) is 12.5 Å². The highest BCUT2D eigenvalue weighted by atomic mass is 32.1. The van der Waals surface area contributed by atoms with E-state index >= 15 is 0 Å². The molecule has 0 saturated carbocycles. The van der Waals surface area contributed by atoms with E-state index < -0.39 is 6.10 Å². The molecule has 0 aliphatic carbocycles. The molecule has 4 rings (SSSR count). The Labute approximate surface area is 158 Å². The van der Waals surface area contributed by atoms with Gasteiger partial charge in [-0.15, -0.1) is 22.7 Å². The number of thiazole rings is 1. The minimum Gasteiger partial charge on any atom is -0.387 e. The van der Waals surface area contributed by atoms with Gasteiger partial charge in [-0.2, -0.15) is 0 Å². The van der Waals surface area contributed by atoms with Crippen LogP contribution in [0, 0.1) is 0 Å². The Balaban J connectivity index is 1.39. The van der Waals surface area contributed by atoms with E-state index in [1.165, 1.54) is 16.2 Å². The smallest absolute Gasteiger partial charge is 0.251 e. The number of aromatic nitrogens is 1. The molecule has 6 heteroatoms. The van der Waals surface area contributed by atoms with Crippen LogP contribution in [0.3, 0.4) is 0 Å². The second kappa shape index (κ2) is 7.37. The molecule has 4 nitrogen and oxygen atoms in total. The maximum Gasteiger partial charge on any atom is 0.251 e. The van der Waals surface area contributed by atoms with Crippen LogP contribution in [0.4, 0.5) is 0 Å². The molecule has 2 heterocycles. The standard InChI is InChI=1S/C20H16N2O2S2/c23-17(13-3-5-14(6-4-13)18-2-1-9-25-18)11-21-20(24)15-7-8-16-19(10-15)26-12-22-16/h1-10,12,17,23H,11H2,(H,21,24). The topological polar surface area (TPSA) is 62.2 Å². The summed E-state index contributed by atoms with van der Waals surface area (Å²) < 4.78 is 0.974. The van der Waals surface area contributed by atoms with E-state index in [1.54, 1.807) is 22.9 Å². The summed E-state index contributed by atoms with van der Waals surface area (Å²) in [5.41, 5.74) is 5.12. The minimum absolute atomic E-state index is 0.165. The normalized spacial score (nSPS) is 12.2. The van der Waals surface area contributed by atoms with E-state index in [1.807, 2.05) is 47.8 Å². The zero-order valence-electron chi connectivity index (χ0n) is 13.8. The highest BCUT2D eigenvalue weighted by Crippen LogP contribution is 2.26. The van der Waals surface area contributed by atoms with Gasteiger partial charge >= 0.3 is 0 Å². The van der Waals surface area contributed by atoms with Crippen molar-refractivity contribution < 1.29 is 9.90 Å². The molecule has 1 atom stereocenters. The number of aliphatic hydroxyl groups is 1. The van der Waals surface area contributed by atoms with Crippen molar-refractivity contribution in [2.45, 2.75) is 6.10 Å². The lowest BCUT2D eigenvalue weighted by atomic mass is 10.1. The maximum absolute atomic E-state index is 12.3. The number of nitrogens with one attached hydrogen (secondary N) is 1. The molecular weight excluding hydrogens is 364 g/mol. The van der Waals surface area contributed by atoms with Crippen LogP contribution in [0.15, 0.2) is 65.5 Å². The van der Waals surface area contributed by atoms with Gasteiger partial charge in [-0.25, -0.2) is 4.98 Å². The first-order valence-electron chi connectivity index (χ1n) is 8.14. The number of benzene rings is 2. The van der Waals surface area contributed by atoms with Crippen molar-refractivity contribution in [2.24, 2.45) is 0 Å². The van der Waals surface area contributed by atoms with Gasteiger partial charge in [0, 0.05) is 17.0 Å². The van der Waals surface area contributed by atoms with E-state index in [0.717, 1.165) is 21.3 Å². The van der Waals surface area contributed by atoms with E-state index in [4.69, 9.17) is 0 Å². The SMILES string of the molecule is O=C(NCC(O)c1ccc(-c2cccs2)cc1)c1ccc2ncsc2c1. The first-order valence-corrected chi connectivity index (χ1v) is 9.90. The first kappa shape index (κ1) is 16.9. The van der Waals surface area contributed by atoms with E-state index in [2.05, 4.69) is 16.4 Å². The molecule has 130 valence electrons. The van der Waals surface area contributed by atoms with Crippen LogP contribution in [0.5, 0.6) is 0 Å². The fourth-order valence-corrected chi connectivity index (χ4v) is 4.17. The number of carbonyl (C=O) groups is 1. The number of thiophene rings is 1. The number of amides is 1. The van der Waals surface area contributed by atoms with Gasteiger partial charge in [-0.3, -0.25) is 4.79 Å². The summed E-state index contributed by atoms with van der Waals surface area (Å²) in [4.78, 5) is 17.7. The van der Waals surface area contributed by atoms with Gasteiger partial charge in [-0.1, -0.05) is 30.3 Å². The molecule has 0 aliphatic heterocycles. The Morgan fingerprint density at radius 1 is 1.12 bits per heavy atom. The third kappa shape index (κ3) is 3.53.